The summed E-state index contributed by atoms with van der Waals surface area (Å²) in [5.74, 6) is 1.12. The van der Waals surface area contributed by atoms with E-state index < -0.39 is 0 Å². The predicted octanol–water partition coefficient (Wildman–Crippen LogP) is 2.77. The highest BCUT2D eigenvalue weighted by atomic mass is 32.2. The van der Waals surface area contributed by atoms with Crippen molar-refractivity contribution in [3.63, 3.8) is 0 Å². The maximum atomic E-state index is 12.1. The molecule has 0 radical (unpaired) electrons. The number of likely N-dealkylation sites (N-methyl/N-ethyl adjacent to an activating group) is 1. The van der Waals surface area contributed by atoms with E-state index >= 15 is 0 Å². The van der Waals surface area contributed by atoms with Crippen LogP contribution in [-0.4, -0.2) is 43.9 Å². The van der Waals surface area contributed by atoms with Gasteiger partial charge in [0, 0.05) is 12.1 Å². The van der Waals surface area contributed by atoms with Crippen LogP contribution < -0.4 is 14.2 Å². The number of carbonyl (C=O) groups excluding carboxylic acids is 2. The van der Waals surface area contributed by atoms with Gasteiger partial charge in [0.1, 0.15) is 0 Å². The molecule has 118 valence electrons. The number of methoxy groups -OCH3 is 3. The molecule has 1 aromatic rings. The fourth-order valence-electron chi connectivity index (χ4n) is 2.15. The summed E-state index contributed by atoms with van der Waals surface area (Å²) in [4.78, 5) is 25.5. The largest absolute Gasteiger partial charge is 0.493 e. The van der Waals surface area contributed by atoms with Crippen molar-refractivity contribution in [2.45, 2.75) is 6.92 Å². The number of rotatable bonds is 5. The maximum Gasteiger partial charge on any atom is 0.293 e. The first-order valence-electron chi connectivity index (χ1n) is 6.61. The summed E-state index contributed by atoms with van der Waals surface area (Å²) >= 11 is 0.915. The van der Waals surface area contributed by atoms with Crippen molar-refractivity contribution in [2.24, 2.45) is 0 Å². The van der Waals surface area contributed by atoms with Crippen molar-refractivity contribution in [2.75, 3.05) is 27.9 Å². The van der Waals surface area contributed by atoms with E-state index in [0.29, 0.717) is 34.3 Å². The molecule has 0 aliphatic carbocycles. The third-order valence-electron chi connectivity index (χ3n) is 3.21. The Morgan fingerprint density at radius 2 is 1.77 bits per heavy atom. The fourth-order valence-corrected chi connectivity index (χ4v) is 3.05. The summed E-state index contributed by atoms with van der Waals surface area (Å²) in [6.07, 6.45) is 1.63. The van der Waals surface area contributed by atoms with Gasteiger partial charge in [0.05, 0.1) is 26.2 Å². The first kappa shape index (κ1) is 16.2. The lowest BCUT2D eigenvalue weighted by atomic mass is 10.1. The van der Waals surface area contributed by atoms with E-state index in [0.717, 1.165) is 11.8 Å². The van der Waals surface area contributed by atoms with Gasteiger partial charge in [-0.2, -0.15) is 0 Å². The minimum absolute atomic E-state index is 0.266. The lowest BCUT2D eigenvalue weighted by Crippen LogP contribution is -2.27. The Hall–Kier alpha value is -2.15. The number of ether oxygens (including phenoxy) is 3. The molecule has 2 amide bonds. The van der Waals surface area contributed by atoms with Gasteiger partial charge in [0.25, 0.3) is 11.1 Å². The van der Waals surface area contributed by atoms with E-state index in [1.54, 1.807) is 25.1 Å². The molecular weight excluding hydrogens is 306 g/mol. The quantitative estimate of drug-likeness (QED) is 0.776. The first-order valence-corrected chi connectivity index (χ1v) is 7.43. The third kappa shape index (κ3) is 2.76. The number of hydrogen-bond acceptors (Lipinski definition) is 6. The number of amides is 2. The van der Waals surface area contributed by atoms with E-state index in [4.69, 9.17) is 14.2 Å². The Bertz CT molecular complexity index is 641. The van der Waals surface area contributed by atoms with Gasteiger partial charge in [-0.3, -0.25) is 14.5 Å². The molecular formula is C15H17NO5S. The average molecular weight is 323 g/mol. The molecule has 0 saturated carbocycles. The van der Waals surface area contributed by atoms with E-state index in [9.17, 15) is 9.59 Å². The van der Waals surface area contributed by atoms with Crippen LogP contribution in [0.1, 0.15) is 12.5 Å². The van der Waals surface area contributed by atoms with Crippen LogP contribution in [0.2, 0.25) is 0 Å². The van der Waals surface area contributed by atoms with Gasteiger partial charge in [-0.1, -0.05) is 0 Å². The van der Waals surface area contributed by atoms with Crippen LogP contribution in [0.3, 0.4) is 0 Å². The molecule has 1 fully saturated rings. The molecule has 0 atom stereocenters. The molecule has 0 bridgehead atoms. The van der Waals surface area contributed by atoms with Gasteiger partial charge in [0.2, 0.25) is 5.75 Å². The van der Waals surface area contributed by atoms with Gasteiger partial charge in [-0.05, 0) is 36.9 Å². The van der Waals surface area contributed by atoms with Crippen LogP contribution in [0, 0.1) is 0 Å². The topological polar surface area (TPSA) is 65.1 Å². The number of imide groups is 1. The van der Waals surface area contributed by atoms with Crippen molar-refractivity contribution in [1.29, 1.82) is 0 Å². The Balaban J connectivity index is 2.48. The summed E-state index contributed by atoms with van der Waals surface area (Å²) in [5, 5.41) is -0.266. The highest BCUT2D eigenvalue weighted by Gasteiger charge is 2.34. The Labute approximate surface area is 133 Å². The zero-order chi connectivity index (χ0) is 16.3. The lowest BCUT2D eigenvalue weighted by molar-refractivity contribution is -0.122. The number of benzene rings is 1. The number of hydrogen-bond donors (Lipinski definition) is 0. The smallest absolute Gasteiger partial charge is 0.293 e. The number of carbonyl (C=O) groups is 2. The van der Waals surface area contributed by atoms with Gasteiger partial charge in [-0.25, -0.2) is 0 Å². The first-order chi connectivity index (χ1) is 10.6. The van der Waals surface area contributed by atoms with Crippen molar-refractivity contribution in [1.82, 2.24) is 4.90 Å². The van der Waals surface area contributed by atoms with E-state index in [1.165, 1.54) is 26.2 Å². The number of thioether (sulfide) groups is 1. The average Bonchev–Trinajstić information content (AvgIpc) is 2.80. The summed E-state index contributed by atoms with van der Waals surface area (Å²) in [7, 11) is 4.55. The molecule has 1 heterocycles. The van der Waals surface area contributed by atoms with Crippen LogP contribution in [0.25, 0.3) is 6.08 Å². The summed E-state index contributed by atoms with van der Waals surface area (Å²) < 4.78 is 15.9. The van der Waals surface area contributed by atoms with E-state index in [-0.39, 0.29) is 11.1 Å². The van der Waals surface area contributed by atoms with Crippen molar-refractivity contribution in [3.05, 3.63) is 22.6 Å². The zero-order valence-electron chi connectivity index (χ0n) is 12.8. The SMILES string of the molecule is CCN1C(=O)S/C(=C\c2ccc(OC)c(OC)c2OC)C1=O. The second-order valence-corrected chi connectivity index (χ2v) is 5.34. The molecule has 1 aliphatic heterocycles. The monoisotopic (exact) mass is 323 g/mol. The Morgan fingerprint density at radius 1 is 1.09 bits per heavy atom. The summed E-state index contributed by atoms with van der Waals surface area (Å²) in [6.45, 7) is 2.11. The predicted molar refractivity (Wildman–Crippen MR) is 84.4 cm³/mol. The van der Waals surface area contributed by atoms with Gasteiger partial charge >= 0.3 is 0 Å². The van der Waals surface area contributed by atoms with Gasteiger partial charge in [-0.15, -0.1) is 0 Å². The van der Waals surface area contributed by atoms with E-state index in [1.807, 2.05) is 0 Å². The maximum absolute atomic E-state index is 12.1. The molecule has 0 unspecified atom stereocenters. The summed E-state index contributed by atoms with van der Waals surface area (Å²) in [5.41, 5.74) is 0.641. The molecule has 0 aromatic heterocycles. The van der Waals surface area contributed by atoms with Crippen molar-refractivity contribution < 1.29 is 23.8 Å². The summed E-state index contributed by atoms with van der Waals surface area (Å²) in [6, 6.07) is 3.47. The van der Waals surface area contributed by atoms with Crippen LogP contribution in [0.5, 0.6) is 17.2 Å². The fraction of sp³-hybridized carbons (Fsp3) is 0.333. The van der Waals surface area contributed by atoms with Crippen LogP contribution in [0.15, 0.2) is 17.0 Å². The van der Waals surface area contributed by atoms with Crippen molar-refractivity contribution in [3.8, 4) is 17.2 Å². The van der Waals surface area contributed by atoms with Crippen LogP contribution >= 0.6 is 11.8 Å². The Kier molecular flexibility index (Phi) is 4.97. The van der Waals surface area contributed by atoms with Gasteiger partial charge in [0.15, 0.2) is 11.5 Å². The molecule has 0 spiro atoms. The molecule has 2 rings (SSSR count). The second-order valence-electron chi connectivity index (χ2n) is 4.35. The molecule has 6 nitrogen and oxygen atoms in total. The normalized spacial score (nSPS) is 16.4. The van der Waals surface area contributed by atoms with E-state index in [2.05, 4.69) is 0 Å². The number of nitrogens with zero attached hydrogens (tertiary/aromatic N) is 1. The molecule has 0 N–H and O–H groups in total. The zero-order valence-corrected chi connectivity index (χ0v) is 13.7. The minimum atomic E-state index is -0.297. The molecule has 1 aromatic carbocycles. The molecule has 1 aliphatic rings. The molecule has 7 heteroatoms. The molecule has 1 saturated heterocycles. The minimum Gasteiger partial charge on any atom is -0.493 e. The third-order valence-corrected chi connectivity index (χ3v) is 4.12. The van der Waals surface area contributed by atoms with Crippen LogP contribution in [0.4, 0.5) is 4.79 Å². The van der Waals surface area contributed by atoms with Gasteiger partial charge < -0.3 is 14.2 Å². The van der Waals surface area contributed by atoms with Crippen molar-refractivity contribution >= 4 is 29.0 Å². The molecule has 22 heavy (non-hydrogen) atoms. The second kappa shape index (κ2) is 6.74. The highest BCUT2D eigenvalue weighted by molar-refractivity contribution is 8.18. The standard InChI is InChI=1S/C15H17NO5S/c1-5-16-14(17)11(22-15(16)18)8-9-6-7-10(19-2)13(21-4)12(9)20-3/h6-8H,5H2,1-4H3/b11-8-. The van der Waals surface area contributed by atoms with Crippen LogP contribution in [-0.2, 0) is 4.79 Å². The lowest BCUT2D eigenvalue weighted by Gasteiger charge is -2.14. The Morgan fingerprint density at radius 3 is 2.27 bits per heavy atom. The highest BCUT2D eigenvalue weighted by Crippen LogP contribution is 2.42.